The van der Waals surface area contributed by atoms with Crippen LogP contribution in [0.5, 0.6) is 5.75 Å². The molecule has 1 aromatic heterocycles. The van der Waals surface area contributed by atoms with Gasteiger partial charge in [0.15, 0.2) is 0 Å². The topological polar surface area (TPSA) is 52.1 Å². The van der Waals surface area contributed by atoms with Crippen molar-refractivity contribution >= 4 is 5.78 Å². The average Bonchev–Trinajstić information content (AvgIpc) is 2.46. The Morgan fingerprint density at radius 3 is 2.37 bits per heavy atom. The molecule has 0 amide bonds. The van der Waals surface area contributed by atoms with Crippen LogP contribution in [0.1, 0.15) is 35.1 Å². The Hall–Kier alpha value is -2.23. The van der Waals surface area contributed by atoms with Gasteiger partial charge in [-0.3, -0.25) is 4.79 Å². The Bertz CT molecular complexity index is 547. The van der Waals surface area contributed by atoms with E-state index in [-0.39, 0.29) is 11.6 Å². The molecule has 0 aliphatic heterocycles. The lowest BCUT2D eigenvalue weighted by Crippen LogP contribution is -2.07. The van der Waals surface area contributed by atoms with E-state index >= 15 is 0 Å². The van der Waals surface area contributed by atoms with Gasteiger partial charge in [0.25, 0.3) is 0 Å². The third-order valence-electron chi connectivity index (χ3n) is 2.57. The first-order valence-corrected chi connectivity index (χ1v) is 6.27. The van der Waals surface area contributed by atoms with Crippen molar-refractivity contribution in [2.24, 2.45) is 0 Å². The van der Waals surface area contributed by atoms with Crippen LogP contribution >= 0.6 is 0 Å². The van der Waals surface area contributed by atoms with Crippen LogP contribution < -0.4 is 4.74 Å². The minimum atomic E-state index is -0.179. The Kier molecular flexibility index (Phi) is 4.23. The molecule has 0 radical (unpaired) electrons. The highest BCUT2D eigenvalue weighted by Gasteiger charge is 2.11. The fourth-order valence-corrected chi connectivity index (χ4v) is 1.56. The lowest BCUT2D eigenvalue weighted by atomic mass is 10.1. The molecule has 0 saturated carbocycles. The maximum absolute atomic E-state index is 12.1. The van der Waals surface area contributed by atoms with Gasteiger partial charge in [-0.2, -0.15) is 0 Å². The summed E-state index contributed by atoms with van der Waals surface area (Å²) in [5, 5.41) is 0. The molecule has 98 valence electrons. The third kappa shape index (κ3) is 3.37. The zero-order valence-electron chi connectivity index (χ0n) is 11.1. The van der Waals surface area contributed by atoms with Gasteiger partial charge in [0.05, 0.1) is 6.61 Å². The Morgan fingerprint density at radius 2 is 1.79 bits per heavy atom. The highest BCUT2D eigenvalue weighted by molar-refractivity contribution is 6.06. The number of hydrogen-bond donors (Lipinski definition) is 0. The van der Waals surface area contributed by atoms with Gasteiger partial charge in [0, 0.05) is 18.0 Å². The van der Waals surface area contributed by atoms with E-state index in [1.165, 1.54) is 0 Å². The number of aryl methyl sites for hydroxylation is 1. The van der Waals surface area contributed by atoms with Crippen LogP contribution in [-0.4, -0.2) is 22.4 Å². The zero-order chi connectivity index (χ0) is 13.7. The lowest BCUT2D eigenvalue weighted by molar-refractivity contribution is 0.102. The smallest absolute Gasteiger partial charge is 0.230 e. The maximum Gasteiger partial charge on any atom is 0.230 e. The minimum absolute atomic E-state index is 0.179. The molecule has 0 atom stereocenters. The molecule has 0 unspecified atom stereocenters. The minimum Gasteiger partial charge on any atom is -0.494 e. The second kappa shape index (κ2) is 6.09. The Labute approximate surface area is 112 Å². The summed E-state index contributed by atoms with van der Waals surface area (Å²) in [7, 11) is 0. The highest BCUT2D eigenvalue weighted by Crippen LogP contribution is 2.14. The first-order valence-electron chi connectivity index (χ1n) is 6.27. The number of rotatable bonds is 5. The molecule has 0 N–H and O–H groups in total. The van der Waals surface area contributed by atoms with Crippen LogP contribution in [0.4, 0.5) is 0 Å². The van der Waals surface area contributed by atoms with Gasteiger partial charge < -0.3 is 4.74 Å². The van der Waals surface area contributed by atoms with Crippen LogP contribution in [0, 0.1) is 6.92 Å². The van der Waals surface area contributed by atoms with Crippen LogP contribution in [0.3, 0.4) is 0 Å². The van der Waals surface area contributed by atoms with Gasteiger partial charge in [-0.05, 0) is 43.2 Å². The molecular formula is C15H16N2O2. The lowest BCUT2D eigenvalue weighted by Gasteiger charge is -2.05. The van der Waals surface area contributed by atoms with Gasteiger partial charge in [0.2, 0.25) is 11.6 Å². The van der Waals surface area contributed by atoms with Crippen LogP contribution in [0.15, 0.2) is 36.7 Å². The van der Waals surface area contributed by atoms with E-state index in [1.807, 2.05) is 13.8 Å². The number of ketones is 1. The largest absolute Gasteiger partial charge is 0.494 e. The van der Waals surface area contributed by atoms with Crippen molar-refractivity contribution in [1.29, 1.82) is 0 Å². The summed E-state index contributed by atoms with van der Waals surface area (Å²) in [5.74, 6) is 0.804. The fourth-order valence-electron chi connectivity index (χ4n) is 1.56. The molecule has 0 spiro atoms. The highest BCUT2D eigenvalue weighted by atomic mass is 16.5. The number of ether oxygens (including phenoxy) is 1. The number of benzene rings is 1. The number of hydrogen-bond acceptors (Lipinski definition) is 4. The number of carbonyl (C=O) groups is 1. The maximum atomic E-state index is 12.1. The summed E-state index contributed by atoms with van der Waals surface area (Å²) in [4.78, 5) is 20.2. The first kappa shape index (κ1) is 13.2. The molecule has 0 aliphatic carbocycles. The Balaban J connectivity index is 2.13. The van der Waals surface area contributed by atoms with E-state index in [4.69, 9.17) is 4.74 Å². The van der Waals surface area contributed by atoms with Crippen molar-refractivity contribution in [3.8, 4) is 5.75 Å². The predicted molar refractivity (Wildman–Crippen MR) is 72.4 cm³/mol. The van der Waals surface area contributed by atoms with Gasteiger partial charge in [-0.25, -0.2) is 9.97 Å². The molecule has 19 heavy (non-hydrogen) atoms. The second-order valence-electron chi connectivity index (χ2n) is 4.29. The summed E-state index contributed by atoms with van der Waals surface area (Å²) < 4.78 is 5.47. The number of nitrogens with zero attached hydrogens (tertiary/aromatic N) is 2. The van der Waals surface area contributed by atoms with Crippen LogP contribution in [0.2, 0.25) is 0 Å². The molecule has 4 nitrogen and oxygen atoms in total. The van der Waals surface area contributed by atoms with Crippen molar-refractivity contribution in [1.82, 2.24) is 9.97 Å². The Morgan fingerprint density at radius 1 is 1.16 bits per heavy atom. The standard InChI is InChI=1S/C15H16N2O2/c1-3-8-19-13-6-4-12(5-7-13)14(18)15-16-9-11(2)10-17-15/h4-7,9-10H,3,8H2,1-2H3. The van der Waals surface area contributed by atoms with E-state index in [1.54, 1.807) is 36.7 Å². The average molecular weight is 256 g/mol. The van der Waals surface area contributed by atoms with Gasteiger partial charge in [-0.15, -0.1) is 0 Å². The van der Waals surface area contributed by atoms with E-state index < -0.39 is 0 Å². The van der Waals surface area contributed by atoms with Gasteiger partial charge >= 0.3 is 0 Å². The van der Waals surface area contributed by atoms with Gasteiger partial charge in [-0.1, -0.05) is 6.92 Å². The first-order chi connectivity index (χ1) is 9.20. The van der Waals surface area contributed by atoms with E-state index in [0.717, 1.165) is 17.7 Å². The molecule has 1 heterocycles. The summed E-state index contributed by atoms with van der Waals surface area (Å²) in [6, 6.07) is 7.04. The quantitative estimate of drug-likeness (QED) is 0.772. The molecule has 0 fully saturated rings. The summed E-state index contributed by atoms with van der Waals surface area (Å²) in [5.41, 5.74) is 1.49. The van der Waals surface area contributed by atoms with Crippen molar-refractivity contribution in [3.05, 3.63) is 53.6 Å². The molecule has 0 aliphatic rings. The van der Waals surface area contributed by atoms with Crippen molar-refractivity contribution in [3.63, 3.8) is 0 Å². The molecule has 1 aromatic carbocycles. The predicted octanol–water partition coefficient (Wildman–Crippen LogP) is 2.80. The van der Waals surface area contributed by atoms with Crippen molar-refractivity contribution in [2.45, 2.75) is 20.3 Å². The monoisotopic (exact) mass is 256 g/mol. The SMILES string of the molecule is CCCOc1ccc(C(=O)c2ncc(C)cn2)cc1. The van der Waals surface area contributed by atoms with Crippen molar-refractivity contribution in [2.75, 3.05) is 6.61 Å². The molecule has 2 aromatic rings. The molecule has 2 rings (SSSR count). The van der Waals surface area contributed by atoms with E-state index in [2.05, 4.69) is 9.97 Å². The third-order valence-corrected chi connectivity index (χ3v) is 2.57. The van der Waals surface area contributed by atoms with E-state index in [0.29, 0.717) is 12.2 Å². The van der Waals surface area contributed by atoms with E-state index in [9.17, 15) is 4.79 Å². The normalized spacial score (nSPS) is 10.2. The summed E-state index contributed by atoms with van der Waals surface area (Å²) in [6.45, 7) is 4.61. The molecule has 0 bridgehead atoms. The van der Waals surface area contributed by atoms with Crippen LogP contribution in [0.25, 0.3) is 0 Å². The second-order valence-corrected chi connectivity index (χ2v) is 4.29. The zero-order valence-corrected chi connectivity index (χ0v) is 11.1. The fraction of sp³-hybridized carbons (Fsp3) is 0.267. The summed E-state index contributed by atoms with van der Waals surface area (Å²) >= 11 is 0. The number of carbonyl (C=O) groups excluding carboxylic acids is 1. The molecule has 4 heteroatoms. The van der Waals surface area contributed by atoms with Gasteiger partial charge in [0.1, 0.15) is 5.75 Å². The summed E-state index contributed by atoms with van der Waals surface area (Å²) in [6.07, 6.45) is 4.23. The van der Waals surface area contributed by atoms with Crippen LogP contribution in [-0.2, 0) is 0 Å². The van der Waals surface area contributed by atoms with Crippen molar-refractivity contribution < 1.29 is 9.53 Å². The number of aromatic nitrogens is 2. The molecule has 0 saturated heterocycles. The molecular weight excluding hydrogens is 240 g/mol.